The Bertz CT molecular complexity index is 500. The number of rotatable bonds is 4. The summed E-state index contributed by atoms with van der Waals surface area (Å²) in [5, 5.41) is 7.61. The van der Waals surface area contributed by atoms with Crippen LogP contribution in [0.4, 0.5) is 0 Å². The highest BCUT2D eigenvalue weighted by molar-refractivity contribution is 5.61. The van der Waals surface area contributed by atoms with Crippen molar-refractivity contribution in [2.24, 2.45) is 0 Å². The van der Waals surface area contributed by atoms with Crippen molar-refractivity contribution in [3.05, 3.63) is 41.6 Å². The van der Waals surface area contributed by atoms with Crippen molar-refractivity contribution in [3.63, 3.8) is 0 Å². The Morgan fingerprint density at radius 1 is 1.29 bits per heavy atom. The van der Waals surface area contributed by atoms with E-state index < -0.39 is 0 Å². The SMILES string of the molecule is Cc1c(CNC2CC2)noc1-c1ccccc1. The van der Waals surface area contributed by atoms with E-state index in [0.29, 0.717) is 6.04 Å². The van der Waals surface area contributed by atoms with Crippen LogP contribution in [0.2, 0.25) is 0 Å². The zero-order valence-corrected chi connectivity index (χ0v) is 9.94. The van der Waals surface area contributed by atoms with Crippen molar-refractivity contribution in [1.82, 2.24) is 10.5 Å². The Morgan fingerprint density at radius 3 is 2.76 bits per heavy atom. The lowest BCUT2D eigenvalue weighted by atomic mass is 10.1. The van der Waals surface area contributed by atoms with Crippen LogP contribution in [0.15, 0.2) is 34.9 Å². The molecule has 1 fully saturated rings. The molecule has 1 aliphatic carbocycles. The first-order valence-electron chi connectivity index (χ1n) is 6.08. The summed E-state index contributed by atoms with van der Waals surface area (Å²) in [5.41, 5.74) is 3.26. The molecule has 0 bridgehead atoms. The van der Waals surface area contributed by atoms with Crippen LogP contribution in [0.5, 0.6) is 0 Å². The summed E-state index contributed by atoms with van der Waals surface area (Å²) in [4.78, 5) is 0. The third kappa shape index (κ3) is 2.24. The molecule has 1 saturated carbocycles. The Kier molecular flexibility index (Phi) is 2.69. The van der Waals surface area contributed by atoms with Gasteiger partial charge in [-0.15, -0.1) is 0 Å². The lowest BCUT2D eigenvalue weighted by molar-refractivity contribution is 0.420. The molecule has 0 radical (unpaired) electrons. The summed E-state index contributed by atoms with van der Waals surface area (Å²) >= 11 is 0. The average Bonchev–Trinajstić information content (AvgIpc) is 3.12. The Balaban J connectivity index is 1.81. The largest absolute Gasteiger partial charge is 0.356 e. The van der Waals surface area contributed by atoms with Crippen LogP contribution in [0.25, 0.3) is 11.3 Å². The Hall–Kier alpha value is -1.61. The van der Waals surface area contributed by atoms with E-state index in [1.54, 1.807) is 0 Å². The zero-order valence-electron chi connectivity index (χ0n) is 9.94. The molecule has 17 heavy (non-hydrogen) atoms. The molecule has 1 aliphatic rings. The van der Waals surface area contributed by atoms with Crippen LogP contribution in [0.3, 0.4) is 0 Å². The molecule has 2 aromatic rings. The van der Waals surface area contributed by atoms with Crippen LogP contribution < -0.4 is 5.32 Å². The van der Waals surface area contributed by atoms with E-state index in [2.05, 4.69) is 17.4 Å². The molecule has 1 N–H and O–H groups in total. The number of nitrogens with one attached hydrogen (secondary N) is 1. The molecular weight excluding hydrogens is 212 g/mol. The fourth-order valence-electron chi connectivity index (χ4n) is 1.92. The van der Waals surface area contributed by atoms with Crippen LogP contribution >= 0.6 is 0 Å². The van der Waals surface area contributed by atoms with E-state index in [9.17, 15) is 0 Å². The molecule has 0 atom stereocenters. The van der Waals surface area contributed by atoms with Crippen molar-refractivity contribution in [2.45, 2.75) is 32.4 Å². The fourth-order valence-corrected chi connectivity index (χ4v) is 1.92. The second-order valence-electron chi connectivity index (χ2n) is 4.60. The van der Waals surface area contributed by atoms with E-state index in [1.165, 1.54) is 12.8 Å². The Morgan fingerprint density at radius 2 is 2.06 bits per heavy atom. The van der Waals surface area contributed by atoms with Gasteiger partial charge in [0.05, 0.1) is 0 Å². The van der Waals surface area contributed by atoms with E-state index in [4.69, 9.17) is 4.52 Å². The summed E-state index contributed by atoms with van der Waals surface area (Å²) in [6, 6.07) is 10.8. The van der Waals surface area contributed by atoms with Crippen molar-refractivity contribution in [1.29, 1.82) is 0 Å². The number of nitrogens with zero attached hydrogens (tertiary/aromatic N) is 1. The highest BCUT2D eigenvalue weighted by Gasteiger charge is 2.21. The molecule has 3 nitrogen and oxygen atoms in total. The van der Waals surface area contributed by atoms with Gasteiger partial charge in [0.25, 0.3) is 0 Å². The number of hydrogen-bond donors (Lipinski definition) is 1. The van der Waals surface area contributed by atoms with Gasteiger partial charge in [0.15, 0.2) is 5.76 Å². The number of aromatic nitrogens is 1. The van der Waals surface area contributed by atoms with E-state index in [-0.39, 0.29) is 0 Å². The van der Waals surface area contributed by atoms with E-state index in [0.717, 1.165) is 29.1 Å². The third-order valence-electron chi connectivity index (χ3n) is 3.19. The standard InChI is InChI=1S/C14H16N2O/c1-10-13(9-15-12-7-8-12)16-17-14(10)11-5-3-2-4-6-11/h2-6,12,15H,7-9H2,1H3. The van der Waals surface area contributed by atoms with E-state index in [1.807, 2.05) is 30.3 Å². The van der Waals surface area contributed by atoms with Gasteiger partial charge in [-0.05, 0) is 19.8 Å². The Labute approximate surface area is 101 Å². The molecular formula is C14H16N2O. The molecule has 0 unspecified atom stereocenters. The number of hydrogen-bond acceptors (Lipinski definition) is 3. The smallest absolute Gasteiger partial charge is 0.170 e. The highest BCUT2D eigenvalue weighted by atomic mass is 16.5. The molecule has 1 heterocycles. The molecule has 0 spiro atoms. The fraction of sp³-hybridized carbons (Fsp3) is 0.357. The zero-order chi connectivity index (χ0) is 11.7. The molecule has 88 valence electrons. The van der Waals surface area contributed by atoms with Crippen molar-refractivity contribution >= 4 is 0 Å². The van der Waals surface area contributed by atoms with Crippen molar-refractivity contribution in [2.75, 3.05) is 0 Å². The lowest BCUT2D eigenvalue weighted by Crippen LogP contribution is -2.16. The maximum absolute atomic E-state index is 5.44. The van der Waals surface area contributed by atoms with Gasteiger partial charge in [0, 0.05) is 23.7 Å². The summed E-state index contributed by atoms with van der Waals surface area (Å²) in [7, 11) is 0. The molecule has 0 aliphatic heterocycles. The highest BCUT2D eigenvalue weighted by Crippen LogP contribution is 2.26. The van der Waals surface area contributed by atoms with Gasteiger partial charge in [-0.2, -0.15) is 0 Å². The minimum absolute atomic E-state index is 0.700. The normalized spacial score (nSPS) is 15.1. The van der Waals surface area contributed by atoms with Gasteiger partial charge in [-0.3, -0.25) is 0 Å². The third-order valence-corrected chi connectivity index (χ3v) is 3.19. The van der Waals surface area contributed by atoms with Gasteiger partial charge in [0.2, 0.25) is 0 Å². The summed E-state index contributed by atoms with van der Waals surface area (Å²) in [6.07, 6.45) is 2.59. The van der Waals surface area contributed by atoms with Crippen molar-refractivity contribution < 1.29 is 4.52 Å². The minimum atomic E-state index is 0.700. The average molecular weight is 228 g/mol. The van der Waals surface area contributed by atoms with Gasteiger partial charge in [-0.25, -0.2) is 0 Å². The van der Waals surface area contributed by atoms with Crippen LogP contribution in [-0.2, 0) is 6.54 Å². The monoisotopic (exact) mass is 228 g/mol. The predicted octanol–water partition coefficient (Wildman–Crippen LogP) is 2.90. The molecule has 3 rings (SSSR count). The maximum Gasteiger partial charge on any atom is 0.170 e. The molecule has 0 amide bonds. The second kappa shape index (κ2) is 4.34. The quantitative estimate of drug-likeness (QED) is 0.874. The number of benzene rings is 1. The lowest BCUT2D eigenvalue weighted by Gasteiger charge is -2.00. The molecule has 0 saturated heterocycles. The molecule has 1 aromatic carbocycles. The summed E-state index contributed by atoms with van der Waals surface area (Å²) < 4.78 is 5.44. The van der Waals surface area contributed by atoms with Crippen LogP contribution in [0, 0.1) is 6.92 Å². The van der Waals surface area contributed by atoms with Gasteiger partial charge in [0.1, 0.15) is 5.69 Å². The first-order chi connectivity index (χ1) is 8.34. The van der Waals surface area contributed by atoms with Gasteiger partial charge < -0.3 is 9.84 Å². The van der Waals surface area contributed by atoms with Gasteiger partial charge >= 0.3 is 0 Å². The molecule has 3 heteroatoms. The van der Waals surface area contributed by atoms with Gasteiger partial charge in [-0.1, -0.05) is 35.5 Å². The summed E-state index contributed by atoms with van der Waals surface area (Å²) in [5.74, 6) is 0.887. The van der Waals surface area contributed by atoms with Crippen LogP contribution in [-0.4, -0.2) is 11.2 Å². The van der Waals surface area contributed by atoms with Crippen molar-refractivity contribution in [3.8, 4) is 11.3 Å². The molecule has 1 aromatic heterocycles. The second-order valence-corrected chi connectivity index (χ2v) is 4.60. The first kappa shape index (κ1) is 10.5. The summed E-state index contributed by atoms with van der Waals surface area (Å²) in [6.45, 7) is 2.88. The predicted molar refractivity (Wildman–Crippen MR) is 66.5 cm³/mol. The first-order valence-corrected chi connectivity index (χ1v) is 6.08. The van der Waals surface area contributed by atoms with Crippen LogP contribution in [0.1, 0.15) is 24.1 Å². The maximum atomic E-state index is 5.44. The topological polar surface area (TPSA) is 38.1 Å². The minimum Gasteiger partial charge on any atom is -0.356 e. The van der Waals surface area contributed by atoms with E-state index >= 15 is 0 Å².